The summed E-state index contributed by atoms with van der Waals surface area (Å²) in [4.78, 5) is 4.07. The first-order chi connectivity index (χ1) is 13.3. The largest absolute Gasteiger partial charge is 0.233 e. The van der Waals surface area contributed by atoms with Crippen molar-refractivity contribution in [2.75, 3.05) is 0 Å². The predicted molar refractivity (Wildman–Crippen MR) is 104 cm³/mol. The molecule has 0 unspecified atom stereocenters. The Morgan fingerprint density at radius 1 is 0.926 bits per heavy atom. The molecule has 1 aliphatic rings. The lowest BCUT2D eigenvalue weighted by Gasteiger charge is -2.23. The van der Waals surface area contributed by atoms with Gasteiger partial charge in [0, 0.05) is 16.1 Å². The lowest BCUT2D eigenvalue weighted by Crippen LogP contribution is -2.23. The molecule has 0 saturated carbocycles. The molecule has 0 amide bonds. The molecule has 7 nitrogen and oxygen atoms in total. The van der Waals surface area contributed by atoms with Crippen LogP contribution in [-0.2, 0) is 0 Å². The number of thioether (sulfide) groups is 1. The normalized spacial score (nSPS) is 16.0. The third kappa shape index (κ3) is 2.92. The van der Waals surface area contributed by atoms with E-state index in [2.05, 4.69) is 20.3 Å². The monoisotopic (exact) mass is 393 g/mol. The molecule has 3 heterocycles. The van der Waals surface area contributed by atoms with Crippen LogP contribution in [0.3, 0.4) is 0 Å². The van der Waals surface area contributed by atoms with Crippen LogP contribution in [0.2, 0.25) is 5.02 Å². The van der Waals surface area contributed by atoms with Crippen molar-refractivity contribution in [3.63, 3.8) is 0 Å². The van der Waals surface area contributed by atoms with Gasteiger partial charge in [0.05, 0.1) is 0 Å². The molecule has 0 fully saturated rings. The van der Waals surface area contributed by atoms with E-state index in [1.807, 2.05) is 54.6 Å². The molecule has 132 valence electrons. The molecule has 0 radical (unpaired) electrons. The molecule has 0 saturated heterocycles. The number of hydrogen-bond acceptors (Lipinski definition) is 6. The second-order valence-corrected chi connectivity index (χ2v) is 7.31. The molecule has 1 atom stereocenters. The maximum Gasteiger partial charge on any atom is 0.214 e. The molecule has 5 rings (SSSR count). The summed E-state index contributed by atoms with van der Waals surface area (Å²) in [5.74, 6) is 0.696. The first kappa shape index (κ1) is 16.2. The first-order valence-corrected chi connectivity index (χ1v) is 9.42. The molecule has 2 aromatic carbocycles. The van der Waals surface area contributed by atoms with E-state index in [-0.39, 0.29) is 5.37 Å². The number of hydrogen-bond donors (Lipinski definition) is 0. The molecule has 0 bridgehead atoms. The van der Waals surface area contributed by atoms with Gasteiger partial charge >= 0.3 is 0 Å². The van der Waals surface area contributed by atoms with Crippen LogP contribution in [0.4, 0.5) is 0 Å². The van der Waals surface area contributed by atoms with Crippen LogP contribution in [0.25, 0.3) is 11.4 Å². The van der Waals surface area contributed by atoms with Gasteiger partial charge in [-0.05, 0) is 12.1 Å². The third-order valence-electron chi connectivity index (χ3n) is 4.12. The molecular formula is C18H12ClN7S. The maximum absolute atomic E-state index is 6.06. The van der Waals surface area contributed by atoms with Crippen molar-refractivity contribution in [1.29, 1.82) is 0 Å². The van der Waals surface area contributed by atoms with Crippen molar-refractivity contribution in [2.24, 2.45) is 5.10 Å². The van der Waals surface area contributed by atoms with Gasteiger partial charge in [0.25, 0.3) is 0 Å². The fourth-order valence-electron chi connectivity index (χ4n) is 2.85. The Morgan fingerprint density at radius 2 is 1.74 bits per heavy atom. The van der Waals surface area contributed by atoms with Gasteiger partial charge in [-0.1, -0.05) is 65.8 Å². The van der Waals surface area contributed by atoms with Crippen molar-refractivity contribution < 1.29 is 0 Å². The fraction of sp³-hybridized carbons (Fsp3) is 0.0556. The Hall–Kier alpha value is -2.97. The van der Waals surface area contributed by atoms with Crippen LogP contribution < -0.4 is 0 Å². The summed E-state index contributed by atoms with van der Waals surface area (Å²) in [6, 6.07) is 17.5. The molecule has 0 aliphatic carbocycles. The highest BCUT2D eigenvalue weighted by atomic mass is 35.5. The topological polar surface area (TPSA) is 73.8 Å². The Balaban J connectivity index is 1.67. The summed E-state index contributed by atoms with van der Waals surface area (Å²) >= 11 is 7.58. The van der Waals surface area contributed by atoms with Gasteiger partial charge in [0.1, 0.15) is 18.4 Å². The number of benzene rings is 2. The molecule has 2 aromatic heterocycles. The highest BCUT2D eigenvalue weighted by Gasteiger charge is 2.31. The average Bonchev–Trinajstić information content (AvgIpc) is 3.38. The van der Waals surface area contributed by atoms with Gasteiger partial charge in [-0.25, -0.2) is 9.67 Å². The van der Waals surface area contributed by atoms with E-state index in [9.17, 15) is 0 Å². The van der Waals surface area contributed by atoms with E-state index in [4.69, 9.17) is 16.7 Å². The van der Waals surface area contributed by atoms with Crippen LogP contribution in [0.1, 0.15) is 10.9 Å². The van der Waals surface area contributed by atoms with Gasteiger partial charge in [-0.15, -0.1) is 10.2 Å². The second-order valence-electron chi connectivity index (χ2n) is 5.82. The molecule has 1 aliphatic heterocycles. The molecular weight excluding hydrogens is 382 g/mol. The van der Waals surface area contributed by atoms with Crippen molar-refractivity contribution in [2.45, 2.75) is 10.5 Å². The van der Waals surface area contributed by atoms with E-state index >= 15 is 0 Å². The SMILES string of the molecule is Clc1ccc(C2=Nn3c(nnc3-c3ccccc3)S[C@H]2n2cncn2)cc1. The van der Waals surface area contributed by atoms with E-state index < -0.39 is 0 Å². The Kier molecular flexibility index (Phi) is 3.99. The van der Waals surface area contributed by atoms with Crippen molar-refractivity contribution in [3.05, 3.63) is 77.8 Å². The lowest BCUT2D eigenvalue weighted by molar-refractivity contribution is 0.666. The Labute approximate surface area is 163 Å². The van der Waals surface area contributed by atoms with Crippen LogP contribution in [0.15, 0.2) is 77.5 Å². The zero-order chi connectivity index (χ0) is 18.2. The van der Waals surface area contributed by atoms with Crippen LogP contribution in [-0.4, -0.2) is 35.3 Å². The number of fused-ring (bicyclic) bond motifs is 1. The molecule has 0 N–H and O–H groups in total. The smallest absolute Gasteiger partial charge is 0.214 e. The zero-order valence-electron chi connectivity index (χ0n) is 13.8. The van der Waals surface area contributed by atoms with Crippen molar-refractivity contribution >= 4 is 29.1 Å². The summed E-state index contributed by atoms with van der Waals surface area (Å²) < 4.78 is 3.54. The van der Waals surface area contributed by atoms with Gasteiger partial charge in [0.15, 0.2) is 11.2 Å². The fourth-order valence-corrected chi connectivity index (χ4v) is 4.00. The van der Waals surface area contributed by atoms with E-state index in [1.165, 1.54) is 18.1 Å². The quantitative estimate of drug-likeness (QED) is 0.530. The maximum atomic E-state index is 6.06. The van der Waals surface area contributed by atoms with Crippen molar-refractivity contribution in [3.8, 4) is 11.4 Å². The summed E-state index contributed by atoms with van der Waals surface area (Å²) in [7, 11) is 0. The Bertz CT molecular complexity index is 1100. The van der Waals surface area contributed by atoms with Gasteiger partial charge in [-0.3, -0.25) is 0 Å². The van der Waals surface area contributed by atoms with Gasteiger partial charge in [-0.2, -0.15) is 14.9 Å². The minimum atomic E-state index is -0.200. The number of rotatable bonds is 3. The summed E-state index contributed by atoms with van der Waals surface area (Å²) in [6.45, 7) is 0. The second kappa shape index (κ2) is 6.64. The number of halogens is 1. The molecule has 0 spiro atoms. The zero-order valence-corrected chi connectivity index (χ0v) is 15.4. The van der Waals surface area contributed by atoms with E-state index in [1.54, 1.807) is 15.7 Å². The van der Waals surface area contributed by atoms with Crippen LogP contribution in [0, 0.1) is 0 Å². The van der Waals surface area contributed by atoms with Crippen LogP contribution in [0.5, 0.6) is 0 Å². The van der Waals surface area contributed by atoms with E-state index in [0.29, 0.717) is 16.0 Å². The molecule has 9 heteroatoms. The van der Waals surface area contributed by atoms with Gasteiger partial charge < -0.3 is 0 Å². The highest BCUT2D eigenvalue weighted by Crippen LogP contribution is 2.38. The van der Waals surface area contributed by atoms with Gasteiger partial charge in [0.2, 0.25) is 5.16 Å². The summed E-state index contributed by atoms with van der Waals surface area (Å²) in [5.41, 5.74) is 2.73. The third-order valence-corrected chi connectivity index (χ3v) is 5.50. The minimum absolute atomic E-state index is 0.200. The number of aromatic nitrogens is 6. The minimum Gasteiger partial charge on any atom is -0.233 e. The summed E-state index contributed by atoms with van der Waals surface area (Å²) in [6.07, 6.45) is 3.18. The summed E-state index contributed by atoms with van der Waals surface area (Å²) in [5, 5.41) is 19.0. The van der Waals surface area contributed by atoms with E-state index in [0.717, 1.165) is 16.8 Å². The lowest BCUT2D eigenvalue weighted by atomic mass is 10.1. The van der Waals surface area contributed by atoms with Crippen molar-refractivity contribution in [1.82, 2.24) is 29.6 Å². The molecule has 4 aromatic rings. The van der Waals surface area contributed by atoms with Crippen LogP contribution >= 0.6 is 23.4 Å². The molecule has 27 heavy (non-hydrogen) atoms. The first-order valence-electron chi connectivity index (χ1n) is 8.16. The standard InChI is InChI=1S/C18H12ClN7S/c19-14-8-6-12(7-9-14)15-17(25-11-20-10-21-25)27-18-23-22-16(26(18)24-15)13-4-2-1-3-5-13/h1-11,17H/t17-/m1/s1. The number of nitrogens with zero attached hydrogens (tertiary/aromatic N) is 7. The average molecular weight is 394 g/mol. The Morgan fingerprint density at radius 3 is 2.48 bits per heavy atom. The highest BCUT2D eigenvalue weighted by molar-refractivity contribution is 8.00. The predicted octanol–water partition coefficient (Wildman–Crippen LogP) is 3.75.